The molecule has 3 atom stereocenters. The second kappa shape index (κ2) is 14.6. The Morgan fingerprint density at radius 2 is 1.59 bits per heavy atom. The van der Waals surface area contributed by atoms with E-state index in [4.69, 9.17) is 4.42 Å². The van der Waals surface area contributed by atoms with Crippen LogP contribution in [-0.2, 0) is 6.42 Å². The average Bonchev–Trinajstić information content (AvgIpc) is 3.88. The Kier molecular flexibility index (Phi) is 8.72. The fourth-order valence-corrected chi connectivity index (χ4v) is 12.4. The van der Waals surface area contributed by atoms with E-state index in [1.165, 1.54) is 92.3 Å². The molecule has 0 radical (unpaired) electrons. The molecule has 2 aromatic heterocycles. The third kappa shape index (κ3) is 6.12. The van der Waals surface area contributed by atoms with Crippen LogP contribution in [0.5, 0.6) is 0 Å². The molecule has 0 bridgehead atoms. The highest BCUT2D eigenvalue weighted by Gasteiger charge is 2.30. The lowest BCUT2D eigenvalue weighted by molar-refractivity contribution is 0.367. The molecule has 0 saturated heterocycles. The Balaban J connectivity index is 0.952. The number of fused-ring (bicyclic) bond motifs is 9. The van der Waals surface area contributed by atoms with E-state index in [-0.39, 0.29) is 6.04 Å². The van der Waals surface area contributed by atoms with Crippen molar-refractivity contribution < 1.29 is 4.42 Å². The van der Waals surface area contributed by atoms with E-state index in [2.05, 4.69) is 151 Å². The van der Waals surface area contributed by atoms with E-state index in [0.29, 0.717) is 11.8 Å². The summed E-state index contributed by atoms with van der Waals surface area (Å²) < 4.78 is 9.31. The average molecular weight is 784 g/mol. The van der Waals surface area contributed by atoms with Crippen molar-refractivity contribution >= 4 is 78.9 Å². The van der Waals surface area contributed by atoms with Crippen LogP contribution in [0.3, 0.4) is 0 Å². The third-order valence-corrected chi connectivity index (χ3v) is 15.2. The maximum Gasteiger partial charge on any atom is 0.135 e. The smallest absolute Gasteiger partial charge is 0.135 e. The van der Waals surface area contributed by atoms with Gasteiger partial charge in [-0.05, 0) is 132 Å². The molecule has 0 spiro atoms. The lowest BCUT2D eigenvalue weighted by Crippen LogP contribution is -2.40. The van der Waals surface area contributed by atoms with Crippen LogP contribution in [-0.4, -0.2) is 10.9 Å². The molecule has 2 nitrogen and oxygen atoms in total. The van der Waals surface area contributed by atoms with Crippen LogP contribution in [0, 0.1) is 5.92 Å². The molecule has 2 heterocycles. The molecule has 0 N–H and O–H groups in total. The lowest BCUT2D eigenvalue weighted by atomic mass is 9.83. The molecule has 59 heavy (non-hydrogen) atoms. The SMILES string of the molecule is C1=CC(c2cccc3c4c(sc23)=C(N(C2=CC(c3ccc5c(c3)oc3ccccc35)CCC2)C2C=CC(C3C=c5ccc6c(c5=CC3)C=CCC6)=CC2)CCC=4)=CCC1. The molecule has 6 aliphatic carbocycles. The molecular formula is C56H49NOS. The molecule has 290 valence electrons. The van der Waals surface area contributed by atoms with Gasteiger partial charge in [-0.25, -0.2) is 0 Å². The highest BCUT2D eigenvalue weighted by atomic mass is 32.1. The summed E-state index contributed by atoms with van der Waals surface area (Å²) in [5.41, 5.74) is 13.5. The molecular weight excluding hydrogens is 735 g/mol. The number of benzene rings is 4. The highest BCUT2D eigenvalue weighted by molar-refractivity contribution is 7.17. The van der Waals surface area contributed by atoms with Crippen molar-refractivity contribution in [2.24, 2.45) is 5.92 Å². The number of aryl methyl sites for hydroxylation is 1. The molecule has 3 heteroatoms. The van der Waals surface area contributed by atoms with Crippen molar-refractivity contribution in [1.29, 1.82) is 0 Å². The van der Waals surface area contributed by atoms with Crippen molar-refractivity contribution in [3.8, 4) is 0 Å². The Hall–Kier alpha value is -5.64. The first kappa shape index (κ1) is 35.3. The highest BCUT2D eigenvalue weighted by Crippen LogP contribution is 2.41. The number of furan rings is 1. The van der Waals surface area contributed by atoms with Gasteiger partial charge in [-0.15, -0.1) is 11.3 Å². The van der Waals surface area contributed by atoms with Crippen LogP contribution in [0.15, 0.2) is 137 Å². The molecule has 6 aromatic rings. The van der Waals surface area contributed by atoms with Gasteiger partial charge in [0.2, 0.25) is 0 Å². The number of hydrogen-bond acceptors (Lipinski definition) is 3. The zero-order valence-corrected chi connectivity index (χ0v) is 34.4. The van der Waals surface area contributed by atoms with Crippen molar-refractivity contribution in [2.75, 3.05) is 0 Å². The summed E-state index contributed by atoms with van der Waals surface area (Å²) in [6, 6.07) is 27.4. The van der Waals surface area contributed by atoms with Gasteiger partial charge in [0.1, 0.15) is 11.2 Å². The Bertz CT molecular complexity index is 3170. The molecule has 0 fully saturated rings. The summed E-state index contributed by atoms with van der Waals surface area (Å²) in [5.74, 6) is 0.762. The van der Waals surface area contributed by atoms with Crippen LogP contribution in [0.2, 0.25) is 0 Å². The number of nitrogens with zero attached hydrogens (tertiary/aromatic N) is 1. The Morgan fingerprint density at radius 3 is 2.53 bits per heavy atom. The van der Waals surface area contributed by atoms with Crippen molar-refractivity contribution in [2.45, 2.75) is 82.6 Å². The second-order valence-corrected chi connectivity index (χ2v) is 18.4. The summed E-state index contributed by atoms with van der Waals surface area (Å²) in [5, 5.41) is 8.11. The number of hydrogen-bond donors (Lipinski definition) is 0. The number of rotatable bonds is 6. The first-order valence-corrected chi connectivity index (χ1v) is 23.0. The van der Waals surface area contributed by atoms with Crippen LogP contribution >= 0.6 is 11.3 Å². The minimum Gasteiger partial charge on any atom is -0.456 e. The fourth-order valence-electron chi connectivity index (χ4n) is 11.0. The summed E-state index contributed by atoms with van der Waals surface area (Å²) in [6.07, 6.45) is 41.9. The standard InChI is InChI=1S/C56H49NOS/c1-2-11-37(12-3-1)47-18-9-19-50-51-20-10-21-52(56(51)59-55(47)50)57(44-15-8-14-39(34-44)41-28-32-49-48-17-6-7-22-53(48)58-54(49)35-41)43-29-25-36(26-30-43)40-27-31-46-42(33-40)24-23-38-13-4-5-16-45(38)46/h2,5-7,9,11-12,16-20,22-26,28-29,31-35,39-40,43H,1,3-4,8,10,13-15,21,27,30H2. The molecule has 0 saturated carbocycles. The monoisotopic (exact) mass is 783 g/mol. The first-order valence-electron chi connectivity index (χ1n) is 22.2. The molecule has 12 rings (SSSR count). The number of allylic oxidation sites excluding steroid dienone is 9. The van der Waals surface area contributed by atoms with Crippen molar-refractivity contribution in [3.05, 3.63) is 175 Å². The summed E-state index contributed by atoms with van der Waals surface area (Å²) in [4.78, 5) is 2.82. The Labute approximate surface area is 350 Å². The minimum atomic E-state index is 0.272. The maximum absolute atomic E-state index is 6.40. The molecule has 6 aliphatic rings. The molecule has 4 aromatic carbocycles. The van der Waals surface area contributed by atoms with Gasteiger partial charge in [0.25, 0.3) is 0 Å². The van der Waals surface area contributed by atoms with Gasteiger partial charge in [-0.1, -0.05) is 134 Å². The quantitative estimate of drug-likeness (QED) is 0.167. The van der Waals surface area contributed by atoms with Gasteiger partial charge >= 0.3 is 0 Å². The lowest BCUT2D eigenvalue weighted by Gasteiger charge is -2.39. The fraction of sp³-hybridized carbons (Fsp3) is 0.250. The van der Waals surface area contributed by atoms with E-state index in [9.17, 15) is 0 Å². The van der Waals surface area contributed by atoms with Gasteiger partial charge in [0, 0.05) is 44.1 Å². The van der Waals surface area contributed by atoms with Crippen LogP contribution in [0.1, 0.15) is 92.4 Å². The van der Waals surface area contributed by atoms with Gasteiger partial charge in [-0.2, -0.15) is 0 Å². The van der Waals surface area contributed by atoms with Gasteiger partial charge < -0.3 is 9.32 Å². The molecule has 0 amide bonds. The van der Waals surface area contributed by atoms with E-state index < -0.39 is 0 Å². The largest absolute Gasteiger partial charge is 0.456 e. The normalized spacial score (nSPS) is 22.1. The predicted molar refractivity (Wildman–Crippen MR) is 250 cm³/mol. The van der Waals surface area contributed by atoms with Crippen molar-refractivity contribution in [3.63, 3.8) is 0 Å². The summed E-state index contributed by atoms with van der Waals surface area (Å²) >= 11 is 2.03. The zero-order chi connectivity index (χ0) is 38.9. The van der Waals surface area contributed by atoms with Crippen LogP contribution < -0.4 is 20.2 Å². The Morgan fingerprint density at radius 1 is 0.661 bits per heavy atom. The second-order valence-electron chi connectivity index (χ2n) is 17.4. The van der Waals surface area contributed by atoms with E-state index in [1.807, 2.05) is 11.3 Å². The van der Waals surface area contributed by atoms with E-state index in [0.717, 1.165) is 75.4 Å². The third-order valence-electron chi connectivity index (χ3n) is 13.9. The topological polar surface area (TPSA) is 16.4 Å². The number of thiophene rings is 1. The summed E-state index contributed by atoms with van der Waals surface area (Å²) in [7, 11) is 0. The molecule has 0 aliphatic heterocycles. The first-order chi connectivity index (χ1) is 29.2. The maximum atomic E-state index is 6.40. The summed E-state index contributed by atoms with van der Waals surface area (Å²) in [6.45, 7) is 0. The van der Waals surface area contributed by atoms with Gasteiger partial charge in [0.15, 0.2) is 0 Å². The van der Waals surface area contributed by atoms with Crippen LogP contribution in [0.25, 0.3) is 67.6 Å². The number of para-hydroxylation sites is 1. The minimum absolute atomic E-state index is 0.272. The van der Waals surface area contributed by atoms with Crippen LogP contribution in [0.4, 0.5) is 0 Å². The van der Waals surface area contributed by atoms with Crippen molar-refractivity contribution in [1.82, 2.24) is 4.90 Å². The van der Waals surface area contributed by atoms with Gasteiger partial charge in [-0.3, -0.25) is 0 Å². The van der Waals surface area contributed by atoms with E-state index >= 15 is 0 Å². The zero-order valence-electron chi connectivity index (χ0n) is 33.6. The van der Waals surface area contributed by atoms with Gasteiger partial charge in [0.05, 0.1) is 10.6 Å². The molecule has 3 unspecified atom stereocenters. The predicted octanol–water partition coefficient (Wildman–Crippen LogP) is 11.9. The van der Waals surface area contributed by atoms with E-state index in [1.54, 1.807) is 0 Å².